The average molecular weight is 257 g/mol. The van der Waals surface area contributed by atoms with Gasteiger partial charge in [-0.25, -0.2) is 0 Å². The second-order valence-electron chi connectivity index (χ2n) is 3.07. The van der Waals surface area contributed by atoms with Crippen LogP contribution in [0.5, 0.6) is 5.75 Å². The van der Waals surface area contributed by atoms with E-state index in [0.717, 1.165) is 15.8 Å². The molecule has 0 aliphatic rings. The Kier molecular flexibility index (Phi) is 4.14. The van der Waals surface area contributed by atoms with Crippen LogP contribution in [0.3, 0.4) is 0 Å². The van der Waals surface area contributed by atoms with Gasteiger partial charge in [0.2, 0.25) is 0 Å². The monoisotopic (exact) mass is 256 g/mol. The zero-order chi connectivity index (χ0) is 10.6. The molecule has 0 saturated carbocycles. The first-order chi connectivity index (χ1) is 6.63. The Balaban J connectivity index is 2.84. The fourth-order valence-electron chi connectivity index (χ4n) is 1.20. The zero-order valence-corrected chi connectivity index (χ0v) is 9.93. The van der Waals surface area contributed by atoms with Gasteiger partial charge in [-0.1, -0.05) is 22.0 Å². The van der Waals surface area contributed by atoms with Crippen LogP contribution >= 0.6 is 15.9 Å². The van der Waals surface area contributed by atoms with Gasteiger partial charge in [0.15, 0.2) is 0 Å². The van der Waals surface area contributed by atoms with Crippen LogP contribution < -0.4 is 4.74 Å². The number of benzene rings is 1. The average Bonchev–Trinajstić information content (AvgIpc) is 2.10. The Morgan fingerprint density at radius 2 is 2.21 bits per heavy atom. The Morgan fingerprint density at radius 1 is 1.50 bits per heavy atom. The van der Waals surface area contributed by atoms with Crippen LogP contribution in [-0.4, -0.2) is 12.4 Å². The molecule has 0 aromatic heterocycles. The highest BCUT2D eigenvalue weighted by Gasteiger charge is 2.04. The lowest BCUT2D eigenvalue weighted by atomic mass is 10.1. The van der Waals surface area contributed by atoms with Gasteiger partial charge in [-0.3, -0.25) is 4.79 Å². The van der Waals surface area contributed by atoms with Gasteiger partial charge in [-0.05, 0) is 31.5 Å². The first-order valence-corrected chi connectivity index (χ1v) is 5.33. The van der Waals surface area contributed by atoms with Crippen LogP contribution in [0.15, 0.2) is 22.7 Å². The number of hydrogen-bond acceptors (Lipinski definition) is 2. The van der Waals surface area contributed by atoms with Crippen molar-refractivity contribution in [3.8, 4) is 5.75 Å². The SMILES string of the molecule is CCOc1ccc(CC(C)=O)c(Br)c1. The number of carbonyl (C=O) groups is 1. The molecule has 0 atom stereocenters. The third-order valence-corrected chi connectivity index (χ3v) is 2.51. The lowest BCUT2D eigenvalue weighted by Crippen LogP contribution is -1.98. The fraction of sp³-hybridized carbons (Fsp3) is 0.364. The molecule has 1 aromatic carbocycles. The lowest BCUT2D eigenvalue weighted by Gasteiger charge is -2.06. The van der Waals surface area contributed by atoms with E-state index in [1.165, 1.54) is 0 Å². The van der Waals surface area contributed by atoms with Crippen molar-refractivity contribution in [2.24, 2.45) is 0 Å². The summed E-state index contributed by atoms with van der Waals surface area (Å²) in [5, 5.41) is 0. The Bertz CT molecular complexity index is 334. The third-order valence-electron chi connectivity index (χ3n) is 1.77. The molecule has 0 saturated heterocycles. The van der Waals surface area contributed by atoms with Gasteiger partial charge in [0, 0.05) is 10.9 Å². The topological polar surface area (TPSA) is 26.3 Å². The second-order valence-corrected chi connectivity index (χ2v) is 3.92. The molecule has 0 spiro atoms. The van der Waals surface area contributed by atoms with E-state index in [-0.39, 0.29) is 5.78 Å². The van der Waals surface area contributed by atoms with Gasteiger partial charge in [-0.15, -0.1) is 0 Å². The minimum Gasteiger partial charge on any atom is -0.494 e. The van der Waals surface area contributed by atoms with Crippen LogP contribution in [-0.2, 0) is 11.2 Å². The van der Waals surface area contributed by atoms with Gasteiger partial charge in [0.25, 0.3) is 0 Å². The van der Waals surface area contributed by atoms with Crippen molar-refractivity contribution in [1.29, 1.82) is 0 Å². The molecule has 3 heteroatoms. The fourth-order valence-corrected chi connectivity index (χ4v) is 1.69. The molecule has 0 N–H and O–H groups in total. The quantitative estimate of drug-likeness (QED) is 0.828. The highest BCUT2D eigenvalue weighted by molar-refractivity contribution is 9.10. The molecule has 76 valence electrons. The second kappa shape index (κ2) is 5.15. The van der Waals surface area contributed by atoms with Gasteiger partial charge in [0.05, 0.1) is 6.61 Å². The molecule has 0 radical (unpaired) electrons. The minimum atomic E-state index is 0.162. The molecule has 2 nitrogen and oxygen atoms in total. The maximum Gasteiger partial charge on any atom is 0.134 e. The first-order valence-electron chi connectivity index (χ1n) is 4.54. The van der Waals surface area contributed by atoms with Crippen LogP contribution in [0, 0.1) is 0 Å². The summed E-state index contributed by atoms with van der Waals surface area (Å²) in [6, 6.07) is 5.69. The summed E-state index contributed by atoms with van der Waals surface area (Å²) in [6.07, 6.45) is 0.465. The van der Waals surface area contributed by atoms with Crippen molar-refractivity contribution in [3.63, 3.8) is 0 Å². The number of hydrogen-bond donors (Lipinski definition) is 0. The molecule has 1 rings (SSSR count). The predicted molar refractivity (Wildman–Crippen MR) is 59.7 cm³/mol. The number of Topliss-reactive ketones (excluding diaryl/α,β-unsaturated/α-hetero) is 1. The van der Waals surface area contributed by atoms with E-state index in [9.17, 15) is 4.79 Å². The van der Waals surface area contributed by atoms with Gasteiger partial charge < -0.3 is 4.74 Å². The molecule has 0 bridgehead atoms. The normalized spacial score (nSPS) is 9.93. The number of carbonyl (C=O) groups excluding carboxylic acids is 1. The molecular weight excluding hydrogens is 244 g/mol. The van der Waals surface area contributed by atoms with Crippen molar-refractivity contribution in [2.75, 3.05) is 6.61 Å². The third kappa shape index (κ3) is 3.14. The van der Waals surface area contributed by atoms with E-state index >= 15 is 0 Å². The van der Waals surface area contributed by atoms with E-state index in [4.69, 9.17) is 4.74 Å². The minimum absolute atomic E-state index is 0.162. The van der Waals surface area contributed by atoms with E-state index in [1.807, 2.05) is 25.1 Å². The highest BCUT2D eigenvalue weighted by Crippen LogP contribution is 2.23. The highest BCUT2D eigenvalue weighted by atomic mass is 79.9. The zero-order valence-electron chi connectivity index (χ0n) is 8.34. The Hall–Kier alpha value is -0.830. The smallest absolute Gasteiger partial charge is 0.134 e. The van der Waals surface area contributed by atoms with E-state index in [1.54, 1.807) is 6.92 Å². The summed E-state index contributed by atoms with van der Waals surface area (Å²) in [6.45, 7) is 4.18. The molecular formula is C11H13BrO2. The Labute approximate surface area is 92.4 Å². The summed E-state index contributed by atoms with van der Waals surface area (Å²) in [5.74, 6) is 0.988. The van der Waals surface area contributed by atoms with Crippen LogP contribution in [0.25, 0.3) is 0 Å². The van der Waals surface area contributed by atoms with Crippen molar-refractivity contribution in [1.82, 2.24) is 0 Å². The molecule has 0 amide bonds. The first kappa shape index (κ1) is 11.2. The molecule has 1 aromatic rings. The molecule has 0 fully saturated rings. The summed E-state index contributed by atoms with van der Waals surface area (Å²) < 4.78 is 6.26. The molecule has 14 heavy (non-hydrogen) atoms. The molecule has 0 aliphatic carbocycles. The van der Waals surface area contributed by atoms with Crippen LogP contribution in [0.4, 0.5) is 0 Å². The molecule has 0 unspecified atom stereocenters. The predicted octanol–water partition coefficient (Wildman–Crippen LogP) is 2.98. The Morgan fingerprint density at radius 3 is 2.71 bits per heavy atom. The lowest BCUT2D eigenvalue weighted by molar-refractivity contribution is -0.116. The number of rotatable bonds is 4. The van der Waals surface area contributed by atoms with Gasteiger partial charge in [0.1, 0.15) is 11.5 Å². The summed E-state index contributed by atoms with van der Waals surface area (Å²) in [7, 11) is 0. The summed E-state index contributed by atoms with van der Waals surface area (Å²) >= 11 is 3.41. The standard InChI is InChI=1S/C11H13BrO2/c1-3-14-10-5-4-9(6-8(2)13)11(12)7-10/h4-5,7H,3,6H2,1-2H3. The van der Waals surface area contributed by atoms with Gasteiger partial charge in [-0.2, -0.15) is 0 Å². The number of ether oxygens (including phenoxy) is 1. The summed E-state index contributed by atoms with van der Waals surface area (Å²) in [4.78, 5) is 10.9. The maximum absolute atomic E-state index is 10.9. The largest absolute Gasteiger partial charge is 0.494 e. The van der Waals surface area contributed by atoms with Crippen LogP contribution in [0.1, 0.15) is 19.4 Å². The maximum atomic E-state index is 10.9. The van der Waals surface area contributed by atoms with Crippen molar-refractivity contribution in [3.05, 3.63) is 28.2 Å². The number of ketones is 1. The van der Waals surface area contributed by atoms with Crippen LogP contribution in [0.2, 0.25) is 0 Å². The summed E-state index contributed by atoms with van der Waals surface area (Å²) in [5.41, 5.74) is 1.00. The van der Waals surface area contributed by atoms with Crippen molar-refractivity contribution < 1.29 is 9.53 Å². The number of halogens is 1. The van der Waals surface area contributed by atoms with E-state index in [0.29, 0.717) is 13.0 Å². The van der Waals surface area contributed by atoms with Crippen molar-refractivity contribution >= 4 is 21.7 Å². The molecule has 0 heterocycles. The van der Waals surface area contributed by atoms with E-state index < -0.39 is 0 Å². The van der Waals surface area contributed by atoms with Crippen molar-refractivity contribution in [2.45, 2.75) is 20.3 Å². The molecule has 0 aliphatic heterocycles. The van der Waals surface area contributed by atoms with E-state index in [2.05, 4.69) is 15.9 Å². The van der Waals surface area contributed by atoms with Gasteiger partial charge >= 0.3 is 0 Å².